The number of hydrogen-bond donors (Lipinski definition) is 3. The molecule has 4 heavy (non-hydrogen) atoms. The summed E-state index contributed by atoms with van der Waals surface area (Å²) in [6, 6.07) is 0. The minimum Gasteiger partial charge on any atom is -1.00 e. The van der Waals surface area contributed by atoms with Crippen LogP contribution in [0, 0.1) is 0 Å². The van der Waals surface area contributed by atoms with Gasteiger partial charge in [0.15, 0.2) is 0 Å². The van der Waals surface area contributed by atoms with E-state index in [1.165, 1.54) is 0 Å². The number of rotatable bonds is 0. The molecule has 0 aromatic carbocycles. The first-order valence-corrected chi connectivity index (χ1v) is 0.577. The molecule has 0 heterocycles. The second-order valence-electron chi connectivity index (χ2n) is 0.167. The molecule has 0 bridgehead atoms. The van der Waals surface area contributed by atoms with Gasteiger partial charge in [0.1, 0.15) is 0 Å². The molecule has 22 valence electrons. The largest absolute Gasteiger partial charge is 1.00 e. The Kier molecular flexibility index (Phi) is 20.2. The Bertz CT molecular complexity index is 6.85. The molecule has 0 aliphatic heterocycles. The monoisotopic (exact) mass is 71.0 g/mol. The predicted molar refractivity (Wildman–Crippen MR) is 12.6 cm³/mol. The average Bonchev–Trinajstić information content (AvgIpc) is 0.918. The summed E-state index contributed by atoms with van der Waals surface area (Å²) in [4.78, 5) is 0. The SMILES string of the molecule is NNN.[H-].[Na+]. The van der Waals surface area contributed by atoms with Gasteiger partial charge in [-0.25, -0.2) is 0 Å². The molecule has 0 aliphatic carbocycles. The first kappa shape index (κ1) is 8.86. The van der Waals surface area contributed by atoms with Gasteiger partial charge in [-0.2, -0.15) is 5.53 Å². The normalized spacial score (nSPS) is 4.50. The van der Waals surface area contributed by atoms with Gasteiger partial charge in [0.25, 0.3) is 0 Å². The molecule has 5 N–H and O–H groups in total. The second-order valence-corrected chi connectivity index (χ2v) is 0.167. The van der Waals surface area contributed by atoms with E-state index < -0.39 is 0 Å². The Morgan fingerprint density at radius 3 is 1.50 bits per heavy atom. The van der Waals surface area contributed by atoms with Gasteiger partial charge in [0.2, 0.25) is 0 Å². The van der Waals surface area contributed by atoms with E-state index in [0.29, 0.717) is 0 Å². The predicted octanol–water partition coefficient (Wildman–Crippen LogP) is -4.56. The van der Waals surface area contributed by atoms with Gasteiger partial charge >= 0.3 is 29.6 Å². The summed E-state index contributed by atoms with van der Waals surface area (Å²) >= 11 is 0. The maximum absolute atomic E-state index is 4.38. The zero-order valence-corrected chi connectivity index (χ0v) is 4.65. The van der Waals surface area contributed by atoms with Gasteiger partial charge in [-0.05, 0) is 0 Å². The van der Waals surface area contributed by atoms with Crippen molar-refractivity contribution >= 4 is 0 Å². The van der Waals surface area contributed by atoms with Gasteiger partial charge in [-0.1, -0.05) is 0 Å². The molecule has 0 radical (unpaired) electrons. The molecule has 0 unspecified atom stereocenters. The summed E-state index contributed by atoms with van der Waals surface area (Å²) in [5.41, 5.74) is 1.75. The fourth-order valence-electron chi connectivity index (χ4n) is 0. The number of nitrogens with two attached hydrogens (primary N) is 2. The Labute approximate surface area is 48.4 Å². The van der Waals surface area contributed by atoms with Gasteiger partial charge in [0, 0.05) is 0 Å². The maximum Gasteiger partial charge on any atom is 1.00 e. The Morgan fingerprint density at radius 1 is 1.50 bits per heavy atom. The molecule has 3 nitrogen and oxygen atoms in total. The Morgan fingerprint density at radius 2 is 1.50 bits per heavy atom. The van der Waals surface area contributed by atoms with Crippen LogP contribution in [0.5, 0.6) is 0 Å². The van der Waals surface area contributed by atoms with Gasteiger partial charge in [-0.15, -0.1) is 0 Å². The number of hydrazine groups is 2. The molecule has 0 spiro atoms. The molecule has 0 aliphatic rings. The fourth-order valence-corrected chi connectivity index (χ4v) is 0. The minimum atomic E-state index is 0. The van der Waals surface area contributed by atoms with Gasteiger partial charge < -0.3 is 1.43 Å². The van der Waals surface area contributed by atoms with Crippen LogP contribution in [-0.2, 0) is 0 Å². The van der Waals surface area contributed by atoms with E-state index in [-0.39, 0.29) is 31.0 Å². The van der Waals surface area contributed by atoms with Crippen molar-refractivity contribution in [1.82, 2.24) is 5.53 Å². The number of hydrogen-bond acceptors (Lipinski definition) is 3. The molecule has 0 aromatic rings. The molecule has 0 atom stereocenters. The summed E-state index contributed by atoms with van der Waals surface area (Å²) < 4.78 is 0. The zero-order valence-electron chi connectivity index (χ0n) is 3.65. The van der Waals surface area contributed by atoms with Crippen LogP contribution in [0.15, 0.2) is 0 Å². The first-order valence-electron chi connectivity index (χ1n) is 0.577. The van der Waals surface area contributed by atoms with Crippen molar-refractivity contribution < 1.29 is 31.0 Å². The molecule has 0 rings (SSSR count). The summed E-state index contributed by atoms with van der Waals surface area (Å²) in [6.45, 7) is 0. The third kappa shape index (κ3) is 13.1. The van der Waals surface area contributed by atoms with Crippen LogP contribution in [-0.4, -0.2) is 0 Å². The molecule has 0 aromatic heterocycles. The summed E-state index contributed by atoms with van der Waals surface area (Å²) in [7, 11) is 0. The van der Waals surface area contributed by atoms with Crippen molar-refractivity contribution in [3.8, 4) is 0 Å². The van der Waals surface area contributed by atoms with Gasteiger partial charge in [-0.3, -0.25) is 11.7 Å². The van der Waals surface area contributed by atoms with E-state index in [0.717, 1.165) is 0 Å². The van der Waals surface area contributed by atoms with Gasteiger partial charge in [0.05, 0.1) is 0 Å². The third-order valence-corrected chi connectivity index (χ3v) is 0. The van der Waals surface area contributed by atoms with Crippen LogP contribution in [0.3, 0.4) is 0 Å². The fraction of sp³-hybridized carbons (Fsp3) is 0. The quantitative estimate of drug-likeness (QED) is 0.153. The van der Waals surface area contributed by atoms with Crippen LogP contribution in [0.25, 0.3) is 0 Å². The van der Waals surface area contributed by atoms with E-state index in [9.17, 15) is 0 Å². The maximum atomic E-state index is 4.38. The van der Waals surface area contributed by atoms with Crippen LogP contribution in [0.1, 0.15) is 1.43 Å². The Hall–Kier alpha value is 0.880. The molecular formula is H6N3Na. The zero-order chi connectivity index (χ0) is 2.71. The van der Waals surface area contributed by atoms with Crippen molar-refractivity contribution in [2.45, 2.75) is 0 Å². The first-order chi connectivity index (χ1) is 1.41. The average molecular weight is 71.1 g/mol. The van der Waals surface area contributed by atoms with Crippen molar-refractivity contribution in [1.29, 1.82) is 0 Å². The minimum absolute atomic E-state index is 0. The van der Waals surface area contributed by atoms with E-state index in [1.807, 2.05) is 0 Å². The molecule has 0 saturated heterocycles. The molecule has 0 saturated carbocycles. The Balaban J connectivity index is -0.0000000200. The second kappa shape index (κ2) is 9.11. The van der Waals surface area contributed by atoms with Crippen molar-refractivity contribution in [3.05, 3.63) is 0 Å². The summed E-state index contributed by atoms with van der Waals surface area (Å²) in [5, 5.41) is 0. The van der Waals surface area contributed by atoms with Crippen LogP contribution >= 0.6 is 0 Å². The van der Waals surface area contributed by atoms with Crippen molar-refractivity contribution in [3.63, 3.8) is 0 Å². The molecule has 0 fully saturated rings. The molecule has 4 heteroatoms. The van der Waals surface area contributed by atoms with E-state index in [2.05, 4.69) is 11.7 Å². The topological polar surface area (TPSA) is 64.1 Å². The van der Waals surface area contributed by atoms with E-state index in [4.69, 9.17) is 0 Å². The van der Waals surface area contributed by atoms with E-state index >= 15 is 0 Å². The summed E-state index contributed by atoms with van der Waals surface area (Å²) in [6.07, 6.45) is 0. The van der Waals surface area contributed by atoms with E-state index in [1.54, 1.807) is 5.53 Å². The van der Waals surface area contributed by atoms with Crippen molar-refractivity contribution in [2.75, 3.05) is 0 Å². The van der Waals surface area contributed by atoms with Crippen LogP contribution in [0.2, 0.25) is 0 Å². The molecular weight excluding hydrogens is 65.0 g/mol. The summed E-state index contributed by atoms with van der Waals surface area (Å²) in [5.74, 6) is 8.75. The molecule has 0 amide bonds. The van der Waals surface area contributed by atoms with Crippen LogP contribution in [0.4, 0.5) is 0 Å². The van der Waals surface area contributed by atoms with Crippen molar-refractivity contribution in [2.24, 2.45) is 11.7 Å². The third-order valence-electron chi connectivity index (χ3n) is 0. The standard InChI is InChI=1S/H5N3.Na.H/c1-3-2;;/h3H,1-2H2;;/q;+1;-1. The van der Waals surface area contributed by atoms with Crippen LogP contribution < -0.4 is 46.8 Å². The smallest absolute Gasteiger partial charge is 1.00 e. The number of nitrogens with one attached hydrogen (secondary N) is 1.